The molecule has 0 saturated carbocycles. The van der Waals surface area contributed by atoms with Crippen LogP contribution in [0.25, 0.3) is 22.3 Å². The van der Waals surface area contributed by atoms with Gasteiger partial charge in [0.15, 0.2) is 18.1 Å². The summed E-state index contributed by atoms with van der Waals surface area (Å²) in [5, 5.41) is 11.9. The highest BCUT2D eigenvalue weighted by atomic mass is 19.4. The summed E-state index contributed by atoms with van der Waals surface area (Å²) in [5.74, 6) is -1.20. The molecule has 0 unspecified atom stereocenters. The molecule has 0 spiro atoms. The van der Waals surface area contributed by atoms with Crippen molar-refractivity contribution in [2.45, 2.75) is 32.0 Å². The number of pyridine rings is 1. The summed E-state index contributed by atoms with van der Waals surface area (Å²) in [4.78, 5) is 31.1. The number of aromatic nitrogens is 2. The predicted molar refractivity (Wildman–Crippen MR) is 127 cm³/mol. The van der Waals surface area contributed by atoms with Crippen molar-refractivity contribution in [1.82, 2.24) is 19.8 Å². The summed E-state index contributed by atoms with van der Waals surface area (Å²) in [5.41, 5.74) is 2.75. The molecule has 192 valence electrons. The molecule has 0 atom stereocenters. The average Bonchev–Trinajstić information content (AvgIpc) is 3.12. The molecule has 0 bridgehead atoms. The number of hydrogen-bond donors (Lipinski definition) is 2. The summed E-state index contributed by atoms with van der Waals surface area (Å²) in [6.45, 7) is 0.421. The first-order valence-electron chi connectivity index (χ1n) is 11.5. The number of rotatable bonds is 6. The highest BCUT2D eigenvalue weighted by Gasteiger charge is 2.33. The van der Waals surface area contributed by atoms with Gasteiger partial charge in [0, 0.05) is 31.7 Å². The lowest BCUT2D eigenvalue weighted by Crippen LogP contribution is -2.47. The Morgan fingerprint density at radius 1 is 1.19 bits per heavy atom. The number of alkyl halides is 3. The fourth-order valence-corrected chi connectivity index (χ4v) is 4.47. The number of piperidine rings is 1. The highest BCUT2D eigenvalue weighted by molar-refractivity contribution is 6.03. The zero-order valence-electron chi connectivity index (χ0n) is 19.9. The van der Waals surface area contributed by atoms with Crippen molar-refractivity contribution in [1.29, 1.82) is 0 Å². The number of carbonyl (C=O) groups is 2. The zero-order valence-corrected chi connectivity index (χ0v) is 19.9. The van der Waals surface area contributed by atoms with Crippen LogP contribution in [0.15, 0.2) is 36.4 Å². The number of aliphatic hydroxyl groups excluding tert-OH is 1. The molecule has 1 aliphatic rings. The number of fused-ring (bicyclic) bond motifs is 1. The first-order chi connectivity index (χ1) is 17.1. The monoisotopic (exact) mass is 504 g/mol. The molecule has 2 amide bonds. The van der Waals surface area contributed by atoms with Crippen LogP contribution in [0.1, 0.15) is 28.9 Å². The SMILES string of the molecule is Cc1cc2c(nc1-c1ccccc1)c(OCC(F)(F)F)c(C(=O)NC1CCN(C(=O)CO)CC1)n2C. The first kappa shape index (κ1) is 25.5. The van der Waals surface area contributed by atoms with Crippen LogP contribution in [0.3, 0.4) is 0 Å². The number of benzene rings is 1. The fraction of sp³-hybridized carbons (Fsp3) is 0.400. The van der Waals surface area contributed by atoms with Crippen LogP contribution < -0.4 is 10.1 Å². The number of likely N-dealkylation sites (tertiary alicyclic amines) is 1. The highest BCUT2D eigenvalue weighted by Crippen LogP contribution is 2.36. The van der Waals surface area contributed by atoms with E-state index in [4.69, 9.17) is 9.84 Å². The average molecular weight is 505 g/mol. The van der Waals surface area contributed by atoms with E-state index in [1.54, 1.807) is 13.1 Å². The zero-order chi connectivity index (χ0) is 26.0. The van der Waals surface area contributed by atoms with Gasteiger partial charge in [-0.15, -0.1) is 0 Å². The summed E-state index contributed by atoms with van der Waals surface area (Å²) in [7, 11) is 1.59. The normalized spacial score (nSPS) is 14.8. The van der Waals surface area contributed by atoms with Crippen LogP contribution in [0.5, 0.6) is 5.75 Å². The fourth-order valence-electron chi connectivity index (χ4n) is 4.47. The van der Waals surface area contributed by atoms with Crippen molar-refractivity contribution >= 4 is 22.8 Å². The minimum absolute atomic E-state index is 0.0553. The molecular formula is C25H27F3N4O4. The van der Waals surface area contributed by atoms with E-state index >= 15 is 0 Å². The number of halogens is 3. The second-order valence-corrected chi connectivity index (χ2v) is 8.81. The van der Waals surface area contributed by atoms with Gasteiger partial charge in [-0.2, -0.15) is 13.2 Å². The van der Waals surface area contributed by atoms with Gasteiger partial charge in [-0.3, -0.25) is 9.59 Å². The van der Waals surface area contributed by atoms with Crippen molar-refractivity contribution in [3.8, 4) is 17.0 Å². The van der Waals surface area contributed by atoms with Crippen LogP contribution in [0.2, 0.25) is 0 Å². The number of amides is 2. The van der Waals surface area contributed by atoms with Crippen LogP contribution in [0.4, 0.5) is 13.2 Å². The number of aliphatic hydroxyl groups is 1. The molecule has 4 rings (SSSR count). The van der Waals surface area contributed by atoms with E-state index in [0.29, 0.717) is 37.1 Å². The molecule has 1 fully saturated rings. The van der Waals surface area contributed by atoms with E-state index in [1.165, 1.54) is 9.47 Å². The van der Waals surface area contributed by atoms with Gasteiger partial charge in [0.2, 0.25) is 5.91 Å². The maximum atomic E-state index is 13.3. The summed E-state index contributed by atoms with van der Waals surface area (Å²) in [6.07, 6.45) is -3.69. The Morgan fingerprint density at radius 2 is 1.86 bits per heavy atom. The Bertz CT molecular complexity index is 1270. The van der Waals surface area contributed by atoms with E-state index in [9.17, 15) is 22.8 Å². The van der Waals surface area contributed by atoms with Crippen molar-refractivity contribution < 1.29 is 32.6 Å². The number of nitrogens with one attached hydrogen (secondary N) is 1. The van der Waals surface area contributed by atoms with Crippen molar-refractivity contribution in [3.05, 3.63) is 47.7 Å². The maximum Gasteiger partial charge on any atom is 0.422 e. The first-order valence-corrected chi connectivity index (χ1v) is 11.5. The van der Waals surface area contributed by atoms with E-state index in [1.807, 2.05) is 37.3 Å². The number of nitrogens with zero attached hydrogens (tertiary/aromatic N) is 3. The minimum Gasteiger partial charge on any atom is -0.479 e. The number of hydrogen-bond acceptors (Lipinski definition) is 5. The third-order valence-electron chi connectivity index (χ3n) is 6.28. The van der Waals surface area contributed by atoms with Gasteiger partial charge in [-0.05, 0) is 31.4 Å². The van der Waals surface area contributed by atoms with Crippen LogP contribution in [-0.2, 0) is 11.8 Å². The molecule has 2 aromatic heterocycles. The van der Waals surface area contributed by atoms with E-state index in [2.05, 4.69) is 10.3 Å². The molecule has 0 aliphatic carbocycles. The molecule has 36 heavy (non-hydrogen) atoms. The standard InChI is InChI=1S/C25H27F3N4O4/c1-15-12-18-21(30-20(15)16-6-4-3-5-7-16)23(36-14-25(26,27)28)22(31(18)2)24(35)29-17-8-10-32(11-9-17)19(34)13-33/h3-7,12,17,33H,8-11,13-14H2,1-2H3,(H,29,35). The Balaban J connectivity index is 1.70. The largest absolute Gasteiger partial charge is 0.479 e. The van der Waals surface area contributed by atoms with Crippen molar-refractivity contribution in [2.24, 2.45) is 7.05 Å². The van der Waals surface area contributed by atoms with Gasteiger partial charge in [-0.25, -0.2) is 4.98 Å². The number of ether oxygens (including phenoxy) is 1. The molecule has 11 heteroatoms. The molecule has 1 saturated heterocycles. The lowest BCUT2D eigenvalue weighted by molar-refractivity contribution is -0.153. The summed E-state index contributed by atoms with van der Waals surface area (Å²) >= 11 is 0. The lowest BCUT2D eigenvalue weighted by atomic mass is 10.0. The van der Waals surface area contributed by atoms with Gasteiger partial charge < -0.3 is 24.6 Å². The Labute approximate surface area is 205 Å². The van der Waals surface area contributed by atoms with Crippen LogP contribution >= 0.6 is 0 Å². The van der Waals surface area contributed by atoms with Gasteiger partial charge >= 0.3 is 6.18 Å². The van der Waals surface area contributed by atoms with Crippen molar-refractivity contribution in [2.75, 3.05) is 26.3 Å². The number of carbonyl (C=O) groups excluding carboxylic acids is 2. The summed E-state index contributed by atoms with van der Waals surface area (Å²) < 4.78 is 46.0. The quantitative estimate of drug-likeness (QED) is 0.538. The third kappa shape index (κ3) is 5.30. The van der Waals surface area contributed by atoms with E-state index < -0.39 is 25.3 Å². The molecule has 2 N–H and O–H groups in total. The summed E-state index contributed by atoms with van der Waals surface area (Å²) in [6, 6.07) is 10.7. The molecule has 3 heterocycles. The Hall–Kier alpha value is -3.60. The van der Waals surface area contributed by atoms with Crippen LogP contribution in [0, 0.1) is 6.92 Å². The Kier molecular flexibility index (Phi) is 7.21. The molecule has 1 aliphatic heterocycles. The van der Waals surface area contributed by atoms with Gasteiger partial charge in [0.05, 0.1) is 11.2 Å². The number of aryl methyl sites for hydroxylation is 2. The smallest absolute Gasteiger partial charge is 0.422 e. The van der Waals surface area contributed by atoms with Crippen molar-refractivity contribution in [3.63, 3.8) is 0 Å². The van der Waals surface area contributed by atoms with Gasteiger partial charge in [0.1, 0.15) is 12.1 Å². The second-order valence-electron chi connectivity index (χ2n) is 8.81. The lowest BCUT2D eigenvalue weighted by Gasteiger charge is -2.32. The molecular weight excluding hydrogens is 477 g/mol. The van der Waals surface area contributed by atoms with Crippen LogP contribution in [-0.4, -0.2) is 69.9 Å². The van der Waals surface area contributed by atoms with E-state index in [0.717, 1.165) is 11.1 Å². The minimum atomic E-state index is -4.60. The molecule has 1 aromatic carbocycles. The second kappa shape index (κ2) is 10.2. The van der Waals surface area contributed by atoms with Gasteiger partial charge in [-0.1, -0.05) is 30.3 Å². The predicted octanol–water partition coefficient (Wildman–Crippen LogP) is 3.20. The molecule has 3 aromatic rings. The molecule has 8 nitrogen and oxygen atoms in total. The third-order valence-corrected chi connectivity index (χ3v) is 6.28. The van der Waals surface area contributed by atoms with Gasteiger partial charge in [0.25, 0.3) is 5.91 Å². The Morgan fingerprint density at radius 3 is 2.47 bits per heavy atom. The maximum absolute atomic E-state index is 13.3. The topological polar surface area (TPSA) is 96.7 Å². The molecule has 0 radical (unpaired) electrons. The van der Waals surface area contributed by atoms with E-state index in [-0.39, 0.29) is 28.9 Å².